The zero-order valence-electron chi connectivity index (χ0n) is 33.2. The minimum atomic E-state index is -2.88. The van der Waals surface area contributed by atoms with Crippen LogP contribution >= 0.6 is 60.8 Å². The molecule has 0 amide bonds. The number of allylic oxidation sites excluding steroid dienone is 14. The summed E-state index contributed by atoms with van der Waals surface area (Å²) in [4.78, 5) is 4.68. The maximum absolute atomic E-state index is 11.3. The predicted octanol–water partition coefficient (Wildman–Crippen LogP) is 12.3. The van der Waals surface area contributed by atoms with E-state index in [0.717, 1.165) is 52.0 Å². The topological polar surface area (TPSA) is 95.2 Å². The van der Waals surface area contributed by atoms with Crippen LogP contribution in [-0.2, 0) is 0 Å². The predicted molar refractivity (Wildman–Crippen MR) is 264 cm³/mol. The highest BCUT2D eigenvalue weighted by molar-refractivity contribution is 8.29. The molecule has 0 radical (unpaired) electrons. The van der Waals surface area contributed by atoms with Gasteiger partial charge in [-0.05, 0) is 104 Å². The number of hydrogen-bond acceptors (Lipinski definition) is 8. The van der Waals surface area contributed by atoms with Crippen LogP contribution in [0.5, 0.6) is 0 Å². The summed E-state index contributed by atoms with van der Waals surface area (Å²) in [5, 5.41) is 51.1. The molecule has 0 N–H and O–H groups in total. The number of nitriles is 4. The highest BCUT2D eigenvalue weighted by Gasteiger charge is 2.39. The van der Waals surface area contributed by atoms with Crippen LogP contribution in [0.3, 0.4) is 0 Å². The van der Waals surface area contributed by atoms with Gasteiger partial charge in [-0.3, -0.25) is 0 Å². The Morgan fingerprint density at radius 1 is 0.383 bits per heavy atom. The van der Waals surface area contributed by atoms with E-state index in [-0.39, 0.29) is 0 Å². The highest BCUT2D eigenvalue weighted by Crippen LogP contribution is 2.63. The molecule has 8 rings (SSSR count). The zero-order chi connectivity index (χ0) is 42.0. The van der Waals surface area contributed by atoms with Crippen LogP contribution in [0, 0.1) is 45.3 Å². The van der Waals surface area contributed by atoms with Gasteiger partial charge in [-0.15, -0.1) is 0 Å². The first kappa shape index (κ1) is 41.5. The van der Waals surface area contributed by atoms with Crippen LogP contribution in [-0.4, -0.2) is 10.6 Å². The molecule has 4 aromatic rings. The molecule has 0 aliphatic carbocycles. The van der Waals surface area contributed by atoms with Crippen molar-refractivity contribution in [1.29, 1.82) is 21.0 Å². The first-order valence-corrected chi connectivity index (χ1v) is 25.9. The minimum absolute atomic E-state index is 0.538. The van der Waals surface area contributed by atoms with Gasteiger partial charge in [0.2, 0.25) is 0 Å². The average Bonchev–Trinajstić information content (AvgIpc) is 3.82. The molecule has 4 aromatic carbocycles. The molecule has 60 heavy (non-hydrogen) atoms. The van der Waals surface area contributed by atoms with E-state index in [0.29, 0.717) is 21.2 Å². The van der Waals surface area contributed by atoms with Gasteiger partial charge in [0.05, 0.1) is 29.7 Å². The number of hydrogen-bond donors (Lipinski definition) is 0. The lowest BCUT2D eigenvalue weighted by atomic mass is 9.92. The maximum Gasteiger partial charge on any atom is 0.100 e. The summed E-state index contributed by atoms with van der Waals surface area (Å²) in [5.41, 5.74) is 3.25. The van der Waals surface area contributed by atoms with Crippen molar-refractivity contribution in [1.82, 2.24) is 0 Å². The molecule has 4 aliphatic heterocycles. The Kier molecular flexibility index (Phi) is 12.0. The zero-order valence-corrected chi connectivity index (χ0v) is 38.2. The van der Waals surface area contributed by atoms with Crippen molar-refractivity contribution in [2.75, 3.05) is 0 Å². The highest BCUT2D eigenvalue weighted by atomic mass is 32.2. The fourth-order valence-corrected chi connectivity index (χ4v) is 20.9. The first-order valence-electron chi connectivity index (χ1n) is 19.0. The van der Waals surface area contributed by atoms with Crippen LogP contribution in [0.25, 0.3) is 0 Å². The third-order valence-electron chi connectivity index (χ3n) is 10.9. The smallest absolute Gasteiger partial charge is 0.100 e. The lowest BCUT2D eigenvalue weighted by molar-refractivity contribution is 1.40. The summed E-state index contributed by atoms with van der Waals surface area (Å²) in [5.74, 6) is 0. The van der Waals surface area contributed by atoms with Crippen LogP contribution in [0.15, 0.2) is 207 Å². The fraction of sp³-hybridized carbons (Fsp3) is 0.0800. The van der Waals surface area contributed by atoms with E-state index in [9.17, 15) is 21.0 Å². The molecule has 290 valence electrons. The van der Waals surface area contributed by atoms with Crippen molar-refractivity contribution < 1.29 is 0 Å². The van der Waals surface area contributed by atoms with E-state index in [4.69, 9.17) is 0 Å². The average molecular weight is 883 g/mol. The van der Waals surface area contributed by atoms with Gasteiger partial charge < -0.3 is 0 Å². The van der Waals surface area contributed by atoms with Gasteiger partial charge >= 0.3 is 0 Å². The Labute approximate surface area is 369 Å². The third kappa shape index (κ3) is 6.94. The second kappa shape index (κ2) is 17.4. The minimum Gasteiger partial charge on any atom is -0.192 e. The molecule has 0 aromatic heterocycles. The Bertz CT molecular complexity index is 2720. The second-order valence-electron chi connectivity index (χ2n) is 14.1. The Morgan fingerprint density at radius 3 is 0.883 bits per heavy atom. The second-order valence-corrected chi connectivity index (χ2v) is 26.2. The largest absolute Gasteiger partial charge is 0.192 e. The molecule has 0 atom stereocenters. The molecule has 0 bridgehead atoms. The lowest BCUT2D eigenvalue weighted by Gasteiger charge is -2.33. The van der Waals surface area contributed by atoms with Crippen LogP contribution in [0.4, 0.5) is 0 Å². The third-order valence-corrected chi connectivity index (χ3v) is 24.2. The van der Waals surface area contributed by atoms with Crippen molar-refractivity contribution in [2.45, 2.75) is 27.7 Å². The van der Waals surface area contributed by atoms with Crippen molar-refractivity contribution in [3.8, 4) is 24.3 Å². The van der Waals surface area contributed by atoms with Gasteiger partial charge in [-0.2, -0.15) is 21.0 Å². The molecule has 4 aliphatic rings. The normalized spacial score (nSPS) is 18.1. The van der Waals surface area contributed by atoms with E-state index in [1.165, 1.54) is 19.6 Å². The summed E-state index contributed by atoms with van der Waals surface area (Å²) in [6.45, 7) is 2.70. The van der Waals surface area contributed by atoms with E-state index in [1.807, 2.05) is 146 Å². The molecular formula is C50H36N4P2S4. The van der Waals surface area contributed by atoms with Crippen molar-refractivity contribution in [3.05, 3.63) is 207 Å². The number of nitrogens with zero attached hydrogens (tertiary/aromatic N) is 4. The number of rotatable bonds is 7. The molecule has 4 nitrogen and oxygen atoms in total. The SMILES string of the molecule is CC1=C(C)SC(=C(C2=CC(C#N)=P(c3ccccc3)(c3ccccc3)C(C#N)=C2)C(C2=CC(C#N)=P(c3ccccc3)(c3ccccc3)C(C#N)=C2)=C2SC(C)=C(C)S2)S1. The summed E-state index contributed by atoms with van der Waals surface area (Å²) in [7, 11) is 0. The van der Waals surface area contributed by atoms with E-state index in [2.05, 4.69) is 52.0 Å². The van der Waals surface area contributed by atoms with Gasteiger partial charge in [0, 0.05) is 24.9 Å². The van der Waals surface area contributed by atoms with Crippen molar-refractivity contribution in [2.24, 2.45) is 0 Å². The molecule has 10 heteroatoms. The van der Waals surface area contributed by atoms with Gasteiger partial charge in [-0.25, -0.2) is 0 Å². The molecule has 0 fully saturated rings. The van der Waals surface area contributed by atoms with E-state index < -0.39 is 13.8 Å². The molecule has 0 unspecified atom stereocenters. The van der Waals surface area contributed by atoms with Gasteiger partial charge in [-0.1, -0.05) is 168 Å². The first-order chi connectivity index (χ1) is 29.2. The summed E-state index contributed by atoms with van der Waals surface area (Å²) in [6.07, 6.45) is 8.05. The quantitative estimate of drug-likeness (QED) is 0.169. The Morgan fingerprint density at radius 2 is 0.650 bits per heavy atom. The van der Waals surface area contributed by atoms with Gasteiger partial charge in [0.1, 0.15) is 24.3 Å². The standard InChI is InChI=1S/C50H36N4P2S4/c1-33-34(2)58-49(57-33)47(37-25-43(29-51)55(44(26-37)30-52,39-17-9-5-10-18-39)40-19-11-6-12-20-40)48(50-59-35(3)36(4)60-50)38-27-45(31-53)56(46(28-38)32-54,41-21-13-7-14-22-41)42-23-15-8-16-24-42/h5-28H,1-4H3. The molecular weight excluding hydrogens is 847 g/mol. The summed E-state index contributed by atoms with van der Waals surface area (Å²) < 4.78 is 2.03. The van der Waals surface area contributed by atoms with Crippen LogP contribution in [0.2, 0.25) is 0 Å². The van der Waals surface area contributed by atoms with Crippen molar-refractivity contribution in [3.63, 3.8) is 0 Å². The summed E-state index contributed by atoms with van der Waals surface area (Å²) >= 11 is 6.75. The maximum atomic E-state index is 11.3. The monoisotopic (exact) mass is 882 g/mol. The fourth-order valence-electron chi connectivity index (χ4n) is 7.87. The Hall–Kier alpha value is -5.24. The van der Waals surface area contributed by atoms with E-state index in [1.54, 1.807) is 47.0 Å². The van der Waals surface area contributed by atoms with Crippen LogP contribution in [0.1, 0.15) is 27.7 Å². The number of benzene rings is 4. The van der Waals surface area contributed by atoms with Gasteiger partial charge in [0.25, 0.3) is 0 Å². The lowest BCUT2D eigenvalue weighted by Crippen LogP contribution is -2.25. The van der Waals surface area contributed by atoms with Crippen molar-refractivity contribution >= 4 is 92.6 Å². The molecule has 0 saturated heterocycles. The molecule has 0 saturated carbocycles. The molecule has 0 spiro atoms. The number of thioether (sulfide) groups is 4. The molecule has 4 heterocycles. The van der Waals surface area contributed by atoms with Crippen LogP contribution < -0.4 is 21.2 Å². The van der Waals surface area contributed by atoms with E-state index >= 15 is 0 Å². The summed E-state index contributed by atoms with van der Waals surface area (Å²) in [6, 6.07) is 50.4. The Balaban J connectivity index is 1.50. The van der Waals surface area contributed by atoms with Gasteiger partial charge in [0.15, 0.2) is 0 Å².